The summed E-state index contributed by atoms with van der Waals surface area (Å²) in [5.74, 6) is 0. The number of aliphatic hydroxyl groups is 1. The van der Waals surface area contributed by atoms with Gasteiger partial charge in [0.2, 0.25) is 0 Å². The minimum Gasteiger partial charge on any atom is -0.385 e. The van der Waals surface area contributed by atoms with Crippen LogP contribution in [0.4, 0.5) is 0 Å². The van der Waals surface area contributed by atoms with Crippen LogP contribution in [-0.2, 0) is 11.3 Å². The number of rotatable bonds is 6. The van der Waals surface area contributed by atoms with E-state index in [2.05, 4.69) is 9.88 Å². The average molecular weight is 394 g/mol. The summed E-state index contributed by atoms with van der Waals surface area (Å²) >= 11 is 12.4. The molecule has 6 heteroatoms. The largest absolute Gasteiger partial charge is 0.385 e. The lowest BCUT2D eigenvalue weighted by atomic mass is 10.1. The smallest absolute Gasteiger partial charge is 0.121 e. The zero-order chi connectivity index (χ0) is 18.1. The number of benzene rings is 2. The number of halogens is 2. The van der Waals surface area contributed by atoms with Crippen LogP contribution in [0, 0.1) is 0 Å². The summed E-state index contributed by atoms with van der Waals surface area (Å²) < 4.78 is 7.79. The lowest BCUT2D eigenvalue weighted by Crippen LogP contribution is -2.88. The van der Waals surface area contributed by atoms with E-state index >= 15 is 0 Å². The van der Waals surface area contributed by atoms with E-state index in [1.807, 2.05) is 36.4 Å². The first kappa shape index (κ1) is 18.1. The molecule has 138 valence electrons. The molecule has 3 N–H and O–H groups in total. The van der Waals surface area contributed by atoms with Gasteiger partial charge in [-0.1, -0.05) is 23.2 Å². The van der Waals surface area contributed by atoms with E-state index < -0.39 is 6.10 Å². The summed E-state index contributed by atoms with van der Waals surface area (Å²) in [6, 6.07) is 11.7. The summed E-state index contributed by atoms with van der Waals surface area (Å²) in [6.45, 7) is 2.97. The van der Waals surface area contributed by atoms with Crippen molar-refractivity contribution in [1.82, 2.24) is 4.57 Å². The Bertz CT molecular complexity index is 860. The lowest BCUT2D eigenvalue weighted by molar-refractivity contribution is -0.666. The van der Waals surface area contributed by atoms with Crippen molar-refractivity contribution in [1.29, 1.82) is 0 Å². The van der Waals surface area contributed by atoms with Crippen LogP contribution >= 0.6 is 23.2 Å². The highest BCUT2D eigenvalue weighted by molar-refractivity contribution is 6.33. The van der Waals surface area contributed by atoms with Gasteiger partial charge in [0.15, 0.2) is 0 Å². The Balaban J connectivity index is 1.56. The zero-order valence-electron chi connectivity index (χ0n) is 14.5. The molecule has 0 spiro atoms. The molecule has 3 aromatic rings. The van der Waals surface area contributed by atoms with Crippen LogP contribution in [0.15, 0.2) is 36.4 Å². The van der Waals surface area contributed by atoms with Crippen molar-refractivity contribution in [2.45, 2.75) is 31.6 Å². The minimum absolute atomic E-state index is 0.333. The molecule has 1 aliphatic heterocycles. The second kappa shape index (κ2) is 7.75. The number of fused-ring (bicyclic) bond motifs is 3. The van der Waals surface area contributed by atoms with Gasteiger partial charge in [0, 0.05) is 38.5 Å². The molecule has 2 heterocycles. The molecule has 4 nitrogen and oxygen atoms in total. The van der Waals surface area contributed by atoms with E-state index in [-0.39, 0.29) is 0 Å². The third-order valence-electron chi connectivity index (χ3n) is 5.07. The highest BCUT2D eigenvalue weighted by Gasteiger charge is 2.19. The molecule has 1 fully saturated rings. The van der Waals surface area contributed by atoms with Crippen molar-refractivity contribution in [3.05, 3.63) is 46.4 Å². The molecule has 0 unspecified atom stereocenters. The molecule has 1 aliphatic rings. The third kappa shape index (κ3) is 3.71. The van der Waals surface area contributed by atoms with Gasteiger partial charge < -0.3 is 19.7 Å². The van der Waals surface area contributed by atoms with Crippen molar-refractivity contribution in [3.8, 4) is 0 Å². The lowest BCUT2D eigenvalue weighted by Gasteiger charge is -2.14. The van der Waals surface area contributed by atoms with E-state index in [1.54, 1.807) is 0 Å². The molecule has 4 rings (SSSR count). The van der Waals surface area contributed by atoms with Crippen LogP contribution in [0.3, 0.4) is 0 Å². The van der Waals surface area contributed by atoms with Crippen molar-refractivity contribution in [2.75, 3.05) is 19.7 Å². The number of hydrogen-bond acceptors (Lipinski definition) is 2. The van der Waals surface area contributed by atoms with Crippen molar-refractivity contribution < 1.29 is 15.2 Å². The molecule has 1 saturated heterocycles. The number of ether oxygens (including phenoxy) is 1. The van der Waals surface area contributed by atoms with Crippen LogP contribution in [-0.4, -0.2) is 41.6 Å². The number of aromatic nitrogens is 1. The number of hydrogen-bond donors (Lipinski definition) is 2. The van der Waals surface area contributed by atoms with Gasteiger partial charge in [-0.25, -0.2) is 0 Å². The summed E-state index contributed by atoms with van der Waals surface area (Å²) in [5.41, 5.74) is 2.12. The van der Waals surface area contributed by atoms with Gasteiger partial charge in [0.25, 0.3) is 0 Å². The molecular formula is C20H23Cl2N2O2+. The Morgan fingerprint density at radius 1 is 1.12 bits per heavy atom. The maximum absolute atomic E-state index is 10.6. The van der Waals surface area contributed by atoms with Gasteiger partial charge in [-0.05, 0) is 49.2 Å². The fraction of sp³-hybridized carbons (Fsp3) is 0.400. The van der Waals surface area contributed by atoms with Crippen LogP contribution in [0.25, 0.3) is 21.8 Å². The second-order valence-corrected chi connectivity index (χ2v) is 7.86. The maximum Gasteiger partial charge on any atom is 0.121 e. The molecule has 2 aromatic carbocycles. The number of aliphatic hydroxyl groups excluding tert-OH is 1. The van der Waals surface area contributed by atoms with E-state index in [9.17, 15) is 5.11 Å². The topological polar surface area (TPSA) is 51.0 Å². The van der Waals surface area contributed by atoms with E-state index in [0.717, 1.165) is 47.8 Å². The Morgan fingerprint density at radius 2 is 1.77 bits per heavy atom. The number of quaternary nitrogens is 1. The van der Waals surface area contributed by atoms with Gasteiger partial charge in [-0.2, -0.15) is 0 Å². The van der Waals surface area contributed by atoms with Crippen molar-refractivity contribution in [2.24, 2.45) is 0 Å². The van der Waals surface area contributed by atoms with Crippen molar-refractivity contribution >= 4 is 45.0 Å². The monoisotopic (exact) mass is 393 g/mol. The highest BCUT2D eigenvalue weighted by atomic mass is 35.5. The normalized spacial score (nSPS) is 18.8. The quantitative estimate of drug-likeness (QED) is 0.675. The van der Waals surface area contributed by atoms with Crippen molar-refractivity contribution in [3.63, 3.8) is 0 Å². The first-order chi connectivity index (χ1) is 12.6. The Kier molecular flexibility index (Phi) is 5.39. The van der Waals surface area contributed by atoms with E-state index in [4.69, 9.17) is 27.9 Å². The number of nitrogens with zero attached hydrogens (tertiary/aromatic N) is 1. The Labute approximate surface area is 162 Å². The van der Waals surface area contributed by atoms with E-state index in [1.165, 1.54) is 0 Å². The van der Waals surface area contributed by atoms with Crippen LogP contribution in [0.5, 0.6) is 0 Å². The van der Waals surface area contributed by atoms with E-state index in [0.29, 0.717) is 29.2 Å². The Morgan fingerprint density at radius 3 is 2.35 bits per heavy atom. The average Bonchev–Trinajstić information content (AvgIpc) is 3.22. The predicted molar refractivity (Wildman–Crippen MR) is 106 cm³/mol. The summed E-state index contributed by atoms with van der Waals surface area (Å²) in [6.07, 6.45) is 2.16. The van der Waals surface area contributed by atoms with Gasteiger partial charge in [0.05, 0.1) is 6.54 Å². The highest BCUT2D eigenvalue weighted by Crippen LogP contribution is 2.32. The molecular weight excluding hydrogens is 371 g/mol. The van der Waals surface area contributed by atoms with Crippen LogP contribution in [0.1, 0.15) is 12.8 Å². The van der Waals surface area contributed by atoms with Gasteiger partial charge in [-0.15, -0.1) is 0 Å². The predicted octanol–water partition coefficient (Wildman–Crippen LogP) is 3.20. The fourth-order valence-corrected chi connectivity index (χ4v) is 4.18. The molecule has 0 aliphatic carbocycles. The standard InChI is InChI=1S/C20H22Cl2N2O2/c21-13-3-5-19-17(8-13)18-9-14(22)4-6-20(18)24(19)12-15(25)10-23-11-16-2-1-7-26-16/h3-6,8-9,15-16,23,25H,1-2,7,10-12H2/p+1/t15-,16+/m0/s1. The first-order valence-electron chi connectivity index (χ1n) is 9.10. The number of nitrogens with two attached hydrogens (primary N) is 1. The van der Waals surface area contributed by atoms with Gasteiger partial charge in [-0.3, -0.25) is 0 Å². The summed E-state index contributed by atoms with van der Waals surface area (Å²) in [5, 5.41) is 16.2. The SMILES string of the molecule is O[C@@H](C[NH2+]C[C@H]1CCCO1)Cn1c2ccc(Cl)cc2c2cc(Cl)ccc21. The fourth-order valence-electron chi connectivity index (χ4n) is 3.84. The van der Waals surface area contributed by atoms with Crippen LogP contribution < -0.4 is 5.32 Å². The molecule has 2 atom stereocenters. The summed E-state index contributed by atoms with van der Waals surface area (Å²) in [4.78, 5) is 0. The minimum atomic E-state index is -0.443. The molecule has 1 aromatic heterocycles. The second-order valence-electron chi connectivity index (χ2n) is 6.98. The molecule has 0 bridgehead atoms. The molecule has 26 heavy (non-hydrogen) atoms. The third-order valence-corrected chi connectivity index (χ3v) is 5.54. The molecule has 0 amide bonds. The van der Waals surface area contributed by atoms with Gasteiger partial charge >= 0.3 is 0 Å². The molecule has 0 saturated carbocycles. The molecule has 0 radical (unpaired) electrons. The maximum atomic E-state index is 10.6. The van der Waals surface area contributed by atoms with Crippen LogP contribution in [0.2, 0.25) is 10.0 Å². The Hall–Kier alpha value is -1.30. The first-order valence-corrected chi connectivity index (χ1v) is 9.86. The van der Waals surface area contributed by atoms with Gasteiger partial charge in [0.1, 0.15) is 25.3 Å². The zero-order valence-corrected chi connectivity index (χ0v) is 16.0. The summed E-state index contributed by atoms with van der Waals surface area (Å²) in [7, 11) is 0.